The lowest BCUT2D eigenvalue weighted by Crippen LogP contribution is -2.53. The number of likely N-dealkylation sites (tertiary alicyclic amines) is 1. The number of carbonyl (C=O) groups excluding carboxylic acids is 7. The van der Waals surface area contributed by atoms with Gasteiger partial charge in [-0.25, -0.2) is 9.37 Å². The molecule has 7 amide bonds. The van der Waals surface area contributed by atoms with Crippen molar-refractivity contribution in [3.05, 3.63) is 177 Å². The van der Waals surface area contributed by atoms with Crippen LogP contribution in [0.1, 0.15) is 87.1 Å². The third kappa shape index (κ3) is 20.0. The molecule has 0 atom stereocenters. The van der Waals surface area contributed by atoms with Gasteiger partial charge in [0.2, 0.25) is 35.6 Å². The van der Waals surface area contributed by atoms with Gasteiger partial charge in [0, 0.05) is 140 Å². The number of aryl methyl sites for hydroxylation is 2. The molecule has 3 aliphatic rings. The van der Waals surface area contributed by atoms with E-state index in [0.717, 1.165) is 61.2 Å². The molecule has 3 aliphatic heterocycles. The number of piperidine rings is 1. The maximum Gasteiger partial charge on any atom is 0.274 e. The first-order valence-electron chi connectivity index (χ1n) is 29.8. The van der Waals surface area contributed by atoms with Crippen molar-refractivity contribution in [1.82, 2.24) is 49.6 Å². The fraction of sp³-hybridized carbons (Fsp3) is 0.394. The van der Waals surface area contributed by atoms with Gasteiger partial charge in [-0.1, -0.05) is 73.7 Å². The first kappa shape index (κ1) is 68.1. The summed E-state index contributed by atoms with van der Waals surface area (Å²) in [7, 11) is 3.37. The molecule has 0 unspecified atom stereocenters. The number of amides is 7. The van der Waals surface area contributed by atoms with Crippen LogP contribution < -0.4 is 27.2 Å². The Kier molecular flexibility index (Phi) is 26.6. The monoisotopic (exact) mass is 1210 g/mol. The number of hydrogen-bond acceptors (Lipinski definition) is 13. The number of pyridine rings is 2. The van der Waals surface area contributed by atoms with E-state index < -0.39 is 17.6 Å². The fourth-order valence-electron chi connectivity index (χ4n) is 10.5. The summed E-state index contributed by atoms with van der Waals surface area (Å²) in [5.74, 6) is -1.96. The van der Waals surface area contributed by atoms with Crippen LogP contribution in [0.15, 0.2) is 127 Å². The van der Waals surface area contributed by atoms with Gasteiger partial charge < -0.3 is 51.3 Å². The summed E-state index contributed by atoms with van der Waals surface area (Å²) in [6.07, 6.45) is 11.8. The first-order chi connectivity index (χ1) is 42.4. The summed E-state index contributed by atoms with van der Waals surface area (Å²) in [4.78, 5) is 115. The lowest BCUT2D eigenvalue weighted by Gasteiger charge is -2.39. The minimum Gasteiger partial charge on any atom is -0.366 e. The van der Waals surface area contributed by atoms with Gasteiger partial charge in [-0.2, -0.15) is 0 Å². The van der Waals surface area contributed by atoms with Gasteiger partial charge in [-0.15, -0.1) is 6.58 Å². The molecule has 22 heteroatoms. The summed E-state index contributed by atoms with van der Waals surface area (Å²) in [5.41, 5.74) is 10.8. The predicted octanol–water partition coefficient (Wildman–Crippen LogP) is 5.00. The van der Waals surface area contributed by atoms with Gasteiger partial charge in [-0.05, 0) is 105 Å². The van der Waals surface area contributed by atoms with E-state index >= 15 is 4.39 Å². The Morgan fingerprint density at radius 1 is 0.784 bits per heavy atom. The molecule has 0 saturated carbocycles. The van der Waals surface area contributed by atoms with Gasteiger partial charge in [0.05, 0.1) is 24.3 Å². The number of halogens is 1. The molecular weight excluding hydrogens is 1120 g/mol. The van der Waals surface area contributed by atoms with Crippen LogP contribution in [0.5, 0.6) is 0 Å². The Bertz CT molecular complexity index is 3340. The van der Waals surface area contributed by atoms with Gasteiger partial charge in [0.1, 0.15) is 5.82 Å². The molecule has 3 aromatic carbocycles. The molecule has 8 rings (SSSR count). The average Bonchev–Trinajstić information content (AvgIpc) is 2.23. The second-order valence-electron chi connectivity index (χ2n) is 21.9. The smallest absolute Gasteiger partial charge is 0.274 e. The van der Waals surface area contributed by atoms with Crippen LogP contribution in [0.3, 0.4) is 0 Å². The number of allylic oxidation sites excluding steroid dienone is 2. The van der Waals surface area contributed by atoms with Gasteiger partial charge in [0.15, 0.2) is 5.69 Å². The third-order valence-electron chi connectivity index (χ3n) is 15.5. The van der Waals surface area contributed by atoms with Crippen molar-refractivity contribution in [2.24, 2.45) is 18.7 Å². The van der Waals surface area contributed by atoms with Crippen LogP contribution in [0.25, 0.3) is 11.1 Å². The molecule has 5 heterocycles. The topological polar surface area (TPSA) is 260 Å². The van der Waals surface area contributed by atoms with Gasteiger partial charge in [0.25, 0.3) is 11.8 Å². The third-order valence-corrected chi connectivity index (χ3v) is 15.5. The van der Waals surface area contributed by atoms with E-state index in [2.05, 4.69) is 56.4 Å². The Labute approximate surface area is 514 Å². The van der Waals surface area contributed by atoms with E-state index in [1.54, 1.807) is 90.6 Å². The van der Waals surface area contributed by atoms with Crippen molar-refractivity contribution < 1.29 is 38.0 Å². The lowest BCUT2D eigenvalue weighted by atomic mass is 9.96. The van der Waals surface area contributed by atoms with Crippen LogP contribution in [0, 0.1) is 17.1 Å². The summed E-state index contributed by atoms with van der Waals surface area (Å²) in [6, 6.07) is 23.9. The average molecular weight is 1210 g/mol. The van der Waals surface area contributed by atoms with Crippen molar-refractivity contribution in [3.8, 4) is 11.1 Å². The SMILES string of the molecule is C/C=C/C(=O)N(C)CCNC=O.C=CC.CCc1cccc(-c2cnc(C(=O)N3CCN(CC4CCN(CC(=O)N5CCN(C(=O)c6cc(CC(=N)c7ccccc7C(N)=O)ccc6F)CC5)CC4)CC3)c(NC(=O)CNCc3ccc(=O)n(C)c3)c2)c1. The number of likely N-dealkylation sites (N-methyl/N-ethyl adjacent to an activating group) is 1. The number of carbonyl (C=O) groups is 7. The molecule has 2 aromatic heterocycles. The second kappa shape index (κ2) is 34.4. The zero-order valence-electron chi connectivity index (χ0n) is 51.3. The quantitative estimate of drug-likeness (QED) is 0.0202. The van der Waals surface area contributed by atoms with E-state index in [-0.39, 0.29) is 77.8 Å². The molecule has 3 saturated heterocycles. The van der Waals surface area contributed by atoms with Crippen LogP contribution in [-0.4, -0.2) is 192 Å². The number of nitrogens with zero attached hydrogens (tertiary/aromatic N) is 8. The largest absolute Gasteiger partial charge is 0.366 e. The van der Waals surface area contributed by atoms with Crippen molar-refractivity contribution in [2.75, 3.05) is 111 Å². The normalized spacial score (nSPS) is 14.6. The molecule has 0 aliphatic carbocycles. The molecule has 0 radical (unpaired) electrons. The number of nitrogens with one attached hydrogen (secondary N) is 4. The van der Waals surface area contributed by atoms with Crippen LogP contribution >= 0.6 is 0 Å². The number of benzene rings is 3. The first-order valence-corrected chi connectivity index (χ1v) is 29.8. The Morgan fingerprint density at radius 2 is 1.44 bits per heavy atom. The predicted molar refractivity (Wildman–Crippen MR) is 339 cm³/mol. The number of rotatable bonds is 22. The number of hydrogen-bond donors (Lipinski definition) is 5. The summed E-state index contributed by atoms with van der Waals surface area (Å²) < 4.78 is 16.5. The van der Waals surface area contributed by atoms with E-state index in [0.29, 0.717) is 94.6 Å². The van der Waals surface area contributed by atoms with Gasteiger partial charge in [-0.3, -0.25) is 48.2 Å². The number of aromatic nitrogens is 2. The van der Waals surface area contributed by atoms with Gasteiger partial charge >= 0.3 is 0 Å². The van der Waals surface area contributed by atoms with E-state index in [4.69, 9.17) is 11.1 Å². The summed E-state index contributed by atoms with van der Waals surface area (Å²) in [5, 5.41) is 17.2. The number of piperazine rings is 2. The highest BCUT2D eigenvalue weighted by Gasteiger charge is 2.31. The minimum atomic E-state index is -0.666. The zero-order valence-corrected chi connectivity index (χ0v) is 51.3. The molecule has 5 aromatic rings. The van der Waals surface area contributed by atoms with Crippen molar-refractivity contribution in [3.63, 3.8) is 0 Å². The molecular formula is C66H84FN13O8. The van der Waals surface area contributed by atoms with Crippen LogP contribution in [0.2, 0.25) is 0 Å². The second-order valence-corrected chi connectivity index (χ2v) is 21.9. The Morgan fingerprint density at radius 3 is 2.10 bits per heavy atom. The van der Waals surface area contributed by atoms with Crippen molar-refractivity contribution in [1.29, 1.82) is 5.41 Å². The molecule has 6 N–H and O–H groups in total. The molecule has 0 bridgehead atoms. The van der Waals surface area contributed by atoms with E-state index in [1.807, 2.05) is 25.1 Å². The highest BCUT2D eigenvalue weighted by molar-refractivity contribution is 6.09. The highest BCUT2D eigenvalue weighted by Crippen LogP contribution is 2.27. The molecule has 0 spiro atoms. The molecule has 3 fully saturated rings. The Hall–Kier alpha value is -8.99. The summed E-state index contributed by atoms with van der Waals surface area (Å²) >= 11 is 0. The molecule has 88 heavy (non-hydrogen) atoms. The summed E-state index contributed by atoms with van der Waals surface area (Å²) in [6.45, 7) is 16.9. The molecule has 468 valence electrons. The number of nitrogens with two attached hydrogens (primary N) is 1. The van der Waals surface area contributed by atoms with E-state index in [9.17, 15) is 38.4 Å². The highest BCUT2D eigenvalue weighted by atomic mass is 19.1. The standard InChI is InChI=1S/C55H64FN11O6.C8H14N2O2.C3H6/c1-3-37-7-6-8-41(27-37)42-30-48(61-49(68)33-59-31-40-12-14-50(69)62(2)34-40)52(60-32-42)55(73)67-21-19-64(20-22-67)35-38-15-17-63(18-16-38)36-51(70)65-23-25-66(26-24-65)54(72)45-28-39(11-13-46(45)56)29-47(57)43-9-4-5-10-44(43)53(58)71;1-3-4-8(12)10(2)6-5-9-7-11;1-3-2/h4-14,27-28,30,32,34,38,57,59H,3,15-26,29,31,33,35-36H2,1-2H3,(H2,58,71)(H,61,68);3-4,7H,5-6H2,1-2H3,(H,9,11);3H,1H2,2H3/b;4-3+;. The molecule has 21 nitrogen and oxygen atoms in total. The number of primary amides is 1. The Balaban J connectivity index is 0.000000731. The van der Waals surface area contributed by atoms with Crippen molar-refractivity contribution in [2.45, 2.75) is 53.0 Å². The zero-order chi connectivity index (χ0) is 63.7. The lowest BCUT2D eigenvalue weighted by molar-refractivity contribution is -0.134. The minimum absolute atomic E-state index is 0.00143. The van der Waals surface area contributed by atoms with Crippen LogP contribution in [0.4, 0.5) is 10.1 Å². The maximum absolute atomic E-state index is 15.1. The van der Waals surface area contributed by atoms with Crippen molar-refractivity contribution >= 4 is 53.3 Å². The van der Waals surface area contributed by atoms with Crippen LogP contribution in [-0.2, 0) is 45.6 Å². The maximum atomic E-state index is 15.1. The fourth-order valence-corrected chi connectivity index (χ4v) is 10.5. The van der Waals surface area contributed by atoms with E-state index in [1.165, 1.54) is 39.8 Å². The number of anilines is 1.